The number of nitrogens with zero attached hydrogens (tertiary/aromatic N) is 4. The van der Waals surface area contributed by atoms with Crippen LogP contribution in [-0.4, -0.2) is 47.5 Å². The molecule has 0 unspecified atom stereocenters. The Balaban J connectivity index is 1.30. The van der Waals surface area contributed by atoms with Crippen LogP contribution in [0.4, 0.5) is 11.6 Å². The Hall–Kier alpha value is -4.61. The summed E-state index contributed by atoms with van der Waals surface area (Å²) < 4.78 is 35.2. The number of pyridine rings is 2. The Kier molecular flexibility index (Phi) is 7.93. The third kappa shape index (κ3) is 6.32. The Morgan fingerprint density at radius 1 is 0.929 bits per heavy atom. The molecule has 1 saturated heterocycles. The van der Waals surface area contributed by atoms with E-state index in [1.807, 2.05) is 43.3 Å². The molecule has 0 spiro atoms. The standard InChI is InChI=1S/C31H31N7O3S/c1-21-12-13-24-25(9-4-11-28(24)38-42(39,40)20-23-7-2-3-16-33-23)29(21)41-30-26(10-6-17-34-30)27-14-18-35-31(37-27)36-22-8-5-15-32-19-22/h2-4,6-7,9-14,16-18,22,32,38H,5,8,15,19-20H2,1H3,(H,35,36,37)/t22-/m0/s1. The van der Waals surface area contributed by atoms with Crippen molar-refractivity contribution in [2.24, 2.45) is 0 Å². The minimum absolute atomic E-state index is 0.232. The Labute approximate surface area is 244 Å². The average Bonchev–Trinajstić information content (AvgIpc) is 3.00. The lowest BCUT2D eigenvalue weighted by Crippen LogP contribution is -2.38. The van der Waals surface area contributed by atoms with E-state index >= 15 is 0 Å². The van der Waals surface area contributed by atoms with Gasteiger partial charge in [-0.2, -0.15) is 0 Å². The highest BCUT2D eigenvalue weighted by Gasteiger charge is 2.19. The molecule has 1 fully saturated rings. The van der Waals surface area contributed by atoms with Gasteiger partial charge in [0.05, 0.1) is 22.6 Å². The number of anilines is 2. The van der Waals surface area contributed by atoms with Crippen LogP contribution in [-0.2, 0) is 15.8 Å². The number of fused-ring (bicyclic) bond motifs is 1. The molecule has 3 aromatic heterocycles. The van der Waals surface area contributed by atoms with Crippen molar-refractivity contribution in [1.29, 1.82) is 0 Å². The van der Waals surface area contributed by atoms with E-state index < -0.39 is 10.0 Å². The van der Waals surface area contributed by atoms with Gasteiger partial charge >= 0.3 is 0 Å². The Bertz CT molecular complexity index is 1810. The second-order valence-corrected chi connectivity index (χ2v) is 11.9. The molecule has 1 aliphatic rings. The molecule has 0 bridgehead atoms. The van der Waals surface area contributed by atoms with Crippen molar-refractivity contribution in [2.75, 3.05) is 23.1 Å². The summed E-state index contributed by atoms with van der Waals surface area (Å²) in [6.45, 7) is 3.85. The van der Waals surface area contributed by atoms with Gasteiger partial charge in [0, 0.05) is 41.9 Å². The van der Waals surface area contributed by atoms with Gasteiger partial charge in [0.15, 0.2) is 0 Å². The van der Waals surface area contributed by atoms with Crippen molar-refractivity contribution in [3.8, 4) is 22.9 Å². The fraction of sp³-hybridized carbons (Fsp3) is 0.226. The molecule has 1 atom stereocenters. The molecule has 3 N–H and O–H groups in total. The summed E-state index contributed by atoms with van der Waals surface area (Å²) in [5.41, 5.74) is 3.19. The molecule has 0 aliphatic carbocycles. The molecular formula is C31H31N7O3S. The normalized spacial score (nSPS) is 15.3. The first-order valence-corrected chi connectivity index (χ1v) is 15.5. The molecule has 11 heteroatoms. The van der Waals surface area contributed by atoms with Gasteiger partial charge in [-0.25, -0.2) is 23.4 Å². The van der Waals surface area contributed by atoms with Gasteiger partial charge in [-0.05, 0) is 68.3 Å². The number of aryl methyl sites for hydroxylation is 1. The average molecular weight is 582 g/mol. The maximum absolute atomic E-state index is 13.0. The van der Waals surface area contributed by atoms with E-state index in [-0.39, 0.29) is 11.8 Å². The van der Waals surface area contributed by atoms with Crippen molar-refractivity contribution in [3.05, 3.63) is 96.6 Å². The first kappa shape index (κ1) is 27.6. The van der Waals surface area contributed by atoms with E-state index in [0.29, 0.717) is 45.6 Å². The van der Waals surface area contributed by atoms with Crippen LogP contribution in [0.2, 0.25) is 0 Å². The van der Waals surface area contributed by atoms with Crippen LogP contribution in [0.1, 0.15) is 24.1 Å². The second kappa shape index (κ2) is 12.1. The predicted octanol–water partition coefficient (Wildman–Crippen LogP) is 5.29. The first-order valence-electron chi connectivity index (χ1n) is 13.8. The van der Waals surface area contributed by atoms with E-state index in [1.165, 1.54) is 0 Å². The molecule has 4 heterocycles. The van der Waals surface area contributed by atoms with E-state index in [9.17, 15) is 8.42 Å². The summed E-state index contributed by atoms with van der Waals surface area (Å²) >= 11 is 0. The number of sulfonamides is 1. The highest BCUT2D eigenvalue weighted by molar-refractivity contribution is 7.91. The highest BCUT2D eigenvalue weighted by atomic mass is 32.2. The number of piperidine rings is 1. The number of aromatic nitrogens is 4. The molecular weight excluding hydrogens is 550 g/mol. The van der Waals surface area contributed by atoms with Crippen LogP contribution in [0.15, 0.2) is 85.3 Å². The van der Waals surface area contributed by atoms with Crippen molar-refractivity contribution >= 4 is 32.4 Å². The number of rotatable bonds is 9. The second-order valence-electron chi connectivity index (χ2n) is 10.2. The van der Waals surface area contributed by atoms with Crippen LogP contribution < -0.4 is 20.1 Å². The highest BCUT2D eigenvalue weighted by Crippen LogP contribution is 2.39. The third-order valence-corrected chi connectivity index (χ3v) is 8.28. The molecule has 5 aromatic rings. The number of hydrogen-bond acceptors (Lipinski definition) is 9. The lowest BCUT2D eigenvalue weighted by molar-refractivity contribution is 0.466. The largest absolute Gasteiger partial charge is 0.437 e. The monoisotopic (exact) mass is 581 g/mol. The summed E-state index contributed by atoms with van der Waals surface area (Å²) in [6, 6.07) is 20.3. The molecule has 6 rings (SSSR count). The van der Waals surface area contributed by atoms with Gasteiger partial charge in [-0.15, -0.1) is 0 Å². The zero-order valence-corrected chi connectivity index (χ0v) is 23.9. The molecule has 10 nitrogen and oxygen atoms in total. The van der Waals surface area contributed by atoms with Crippen LogP contribution in [0.25, 0.3) is 22.0 Å². The van der Waals surface area contributed by atoms with Crippen LogP contribution in [0.3, 0.4) is 0 Å². The van der Waals surface area contributed by atoms with Gasteiger partial charge in [-0.3, -0.25) is 9.71 Å². The lowest BCUT2D eigenvalue weighted by atomic mass is 10.0. The van der Waals surface area contributed by atoms with Gasteiger partial charge < -0.3 is 15.4 Å². The van der Waals surface area contributed by atoms with Crippen molar-refractivity contribution in [2.45, 2.75) is 31.6 Å². The lowest BCUT2D eigenvalue weighted by Gasteiger charge is -2.23. The molecule has 1 aliphatic heterocycles. The van der Waals surface area contributed by atoms with Crippen LogP contribution >= 0.6 is 0 Å². The van der Waals surface area contributed by atoms with Gasteiger partial charge in [0.25, 0.3) is 0 Å². The molecule has 2 aromatic carbocycles. The van der Waals surface area contributed by atoms with Gasteiger partial charge in [0.2, 0.25) is 21.9 Å². The number of nitrogens with one attached hydrogen (secondary N) is 3. The number of benzene rings is 2. The minimum Gasteiger partial charge on any atom is -0.437 e. The maximum atomic E-state index is 13.0. The van der Waals surface area contributed by atoms with E-state index in [2.05, 4.69) is 30.3 Å². The molecule has 42 heavy (non-hydrogen) atoms. The topological polar surface area (TPSA) is 131 Å². The summed E-state index contributed by atoms with van der Waals surface area (Å²) in [4.78, 5) is 17.9. The number of ether oxygens (including phenoxy) is 1. The van der Waals surface area contributed by atoms with Crippen LogP contribution in [0.5, 0.6) is 11.6 Å². The number of hydrogen-bond donors (Lipinski definition) is 3. The van der Waals surface area contributed by atoms with Crippen molar-refractivity contribution in [1.82, 2.24) is 25.3 Å². The summed E-state index contributed by atoms with van der Waals surface area (Å²) in [7, 11) is -3.71. The molecule has 0 radical (unpaired) electrons. The molecule has 0 saturated carbocycles. The smallest absolute Gasteiger partial charge is 0.238 e. The van der Waals surface area contributed by atoms with E-state index in [1.54, 1.807) is 48.9 Å². The van der Waals surface area contributed by atoms with Crippen LogP contribution in [0, 0.1) is 6.92 Å². The SMILES string of the molecule is Cc1ccc2c(NS(=O)(=O)Cc3ccccn3)cccc2c1Oc1ncccc1-c1ccnc(N[C@H]2CCCNC2)n1. The Morgan fingerprint density at radius 3 is 2.67 bits per heavy atom. The van der Waals surface area contributed by atoms with Crippen molar-refractivity contribution < 1.29 is 13.2 Å². The maximum Gasteiger partial charge on any atom is 0.238 e. The summed E-state index contributed by atoms with van der Waals surface area (Å²) in [6.07, 6.45) is 7.14. The quantitative estimate of drug-likeness (QED) is 0.212. The van der Waals surface area contributed by atoms with E-state index in [0.717, 1.165) is 36.9 Å². The summed E-state index contributed by atoms with van der Waals surface area (Å²) in [5.74, 6) is 1.29. The van der Waals surface area contributed by atoms with Crippen molar-refractivity contribution in [3.63, 3.8) is 0 Å². The zero-order valence-electron chi connectivity index (χ0n) is 23.1. The molecule has 0 amide bonds. The fourth-order valence-corrected chi connectivity index (χ4v) is 6.19. The fourth-order valence-electron chi connectivity index (χ4n) is 5.05. The van der Waals surface area contributed by atoms with Gasteiger partial charge in [0.1, 0.15) is 11.5 Å². The predicted molar refractivity (Wildman–Crippen MR) is 164 cm³/mol. The summed E-state index contributed by atoms with van der Waals surface area (Å²) in [5, 5.41) is 8.28. The Morgan fingerprint density at radius 2 is 1.83 bits per heavy atom. The third-order valence-electron chi connectivity index (χ3n) is 7.07. The van der Waals surface area contributed by atoms with E-state index in [4.69, 9.17) is 9.72 Å². The first-order chi connectivity index (χ1) is 20.4. The minimum atomic E-state index is -3.71. The molecule has 214 valence electrons. The zero-order chi connectivity index (χ0) is 28.9. The van der Waals surface area contributed by atoms with Gasteiger partial charge in [-0.1, -0.05) is 30.3 Å².